The minimum atomic E-state index is 0.128. The van der Waals surface area contributed by atoms with Gasteiger partial charge in [0.15, 0.2) is 0 Å². The molecule has 1 amide bonds. The van der Waals surface area contributed by atoms with E-state index < -0.39 is 0 Å². The molecule has 1 aliphatic heterocycles. The Hall–Kier alpha value is -3.15. The van der Waals surface area contributed by atoms with Crippen molar-refractivity contribution in [1.82, 2.24) is 19.8 Å². The molecule has 1 N–H and O–H groups in total. The van der Waals surface area contributed by atoms with Crippen molar-refractivity contribution in [3.63, 3.8) is 0 Å². The molecule has 1 aliphatic rings. The van der Waals surface area contributed by atoms with Gasteiger partial charge in [0.1, 0.15) is 0 Å². The molecule has 5 rings (SSSR count). The molecule has 5 nitrogen and oxygen atoms in total. The van der Waals surface area contributed by atoms with Crippen molar-refractivity contribution in [1.29, 1.82) is 0 Å². The molecule has 0 radical (unpaired) electrons. The fourth-order valence-electron chi connectivity index (χ4n) is 5.44. The number of hydrogen-bond donors (Lipinski definition) is 1. The summed E-state index contributed by atoms with van der Waals surface area (Å²) in [7, 11) is 0. The fraction of sp³-hybridized carbons (Fsp3) is 0.333. The third-order valence-corrected chi connectivity index (χ3v) is 7.60. The molecule has 0 spiro atoms. The number of fused-ring (bicyclic) bond motifs is 1. The van der Waals surface area contributed by atoms with Crippen LogP contribution in [-0.2, 0) is 6.42 Å². The maximum atomic E-state index is 13.7. The molecule has 4 aromatic rings. The van der Waals surface area contributed by atoms with E-state index >= 15 is 0 Å². The fourth-order valence-corrected chi connectivity index (χ4v) is 5.57. The van der Waals surface area contributed by atoms with Crippen molar-refractivity contribution in [2.45, 2.75) is 44.7 Å². The number of aromatic amines is 1. The van der Waals surface area contributed by atoms with Crippen molar-refractivity contribution < 1.29 is 4.79 Å². The van der Waals surface area contributed by atoms with Gasteiger partial charge < -0.3 is 9.88 Å². The molecule has 1 unspecified atom stereocenters. The molecule has 1 saturated heterocycles. The van der Waals surface area contributed by atoms with Crippen LogP contribution in [0.15, 0.2) is 79.3 Å². The first-order chi connectivity index (χ1) is 17.6. The number of nitrogens with zero attached hydrogens (tertiary/aromatic N) is 3. The molecule has 2 heterocycles. The summed E-state index contributed by atoms with van der Waals surface area (Å²) in [6.45, 7) is 4.48. The van der Waals surface area contributed by atoms with Crippen LogP contribution in [0, 0.1) is 0 Å². The number of hydrogen-bond acceptors (Lipinski definition) is 3. The first-order valence-corrected chi connectivity index (χ1v) is 13.3. The van der Waals surface area contributed by atoms with Crippen LogP contribution in [0.1, 0.15) is 53.8 Å². The van der Waals surface area contributed by atoms with Gasteiger partial charge in [-0.1, -0.05) is 79.9 Å². The van der Waals surface area contributed by atoms with Crippen LogP contribution in [0.3, 0.4) is 0 Å². The van der Waals surface area contributed by atoms with E-state index in [0.717, 1.165) is 65.8 Å². The molecule has 0 bridgehead atoms. The number of halogens is 1. The summed E-state index contributed by atoms with van der Waals surface area (Å²) >= 11 is 6.15. The van der Waals surface area contributed by atoms with Gasteiger partial charge in [-0.15, -0.1) is 0 Å². The van der Waals surface area contributed by atoms with E-state index in [0.29, 0.717) is 6.54 Å². The molecule has 1 fully saturated rings. The highest BCUT2D eigenvalue weighted by Crippen LogP contribution is 2.31. The van der Waals surface area contributed by atoms with Crippen LogP contribution in [0.5, 0.6) is 0 Å². The highest BCUT2D eigenvalue weighted by molar-refractivity contribution is 6.30. The summed E-state index contributed by atoms with van der Waals surface area (Å²) in [5, 5.41) is 2.88. The van der Waals surface area contributed by atoms with E-state index in [1.165, 1.54) is 5.56 Å². The van der Waals surface area contributed by atoms with Crippen LogP contribution < -0.4 is 0 Å². The normalized spacial score (nSPS) is 17.4. The van der Waals surface area contributed by atoms with E-state index in [1.807, 2.05) is 48.7 Å². The molecule has 3 aromatic carbocycles. The van der Waals surface area contributed by atoms with Gasteiger partial charge in [-0.05, 0) is 47.4 Å². The Morgan fingerprint density at radius 3 is 2.67 bits per heavy atom. The summed E-state index contributed by atoms with van der Waals surface area (Å²) in [6, 6.07) is 22.7. The first-order valence-electron chi connectivity index (χ1n) is 12.9. The van der Waals surface area contributed by atoms with Crippen molar-refractivity contribution in [2.75, 3.05) is 19.6 Å². The van der Waals surface area contributed by atoms with Crippen LogP contribution in [0.25, 0.3) is 10.8 Å². The molecular formula is C30H33ClN4O. The van der Waals surface area contributed by atoms with E-state index in [1.54, 1.807) is 6.33 Å². The van der Waals surface area contributed by atoms with Gasteiger partial charge in [-0.2, -0.15) is 0 Å². The summed E-state index contributed by atoms with van der Waals surface area (Å²) < 4.78 is 0. The smallest absolute Gasteiger partial charge is 0.254 e. The number of nitrogens with one attached hydrogen (secondary N) is 1. The maximum absolute atomic E-state index is 13.7. The molecule has 6 heteroatoms. The summed E-state index contributed by atoms with van der Waals surface area (Å²) in [4.78, 5) is 26.1. The van der Waals surface area contributed by atoms with Gasteiger partial charge in [0.25, 0.3) is 5.91 Å². The zero-order valence-corrected chi connectivity index (χ0v) is 21.5. The third kappa shape index (κ3) is 5.32. The lowest BCUT2D eigenvalue weighted by Gasteiger charge is -2.45. The van der Waals surface area contributed by atoms with E-state index in [-0.39, 0.29) is 18.0 Å². The predicted octanol–water partition coefficient (Wildman–Crippen LogP) is 6.52. The molecule has 2 atom stereocenters. The van der Waals surface area contributed by atoms with Gasteiger partial charge in [-0.3, -0.25) is 9.69 Å². The average Bonchev–Trinajstić information content (AvgIpc) is 3.46. The summed E-state index contributed by atoms with van der Waals surface area (Å²) in [5.74, 6) is 0.128. The Kier molecular flexibility index (Phi) is 7.69. The molecule has 1 aromatic heterocycles. The van der Waals surface area contributed by atoms with Gasteiger partial charge in [0.2, 0.25) is 0 Å². The van der Waals surface area contributed by atoms with Crippen molar-refractivity contribution in [3.8, 4) is 0 Å². The Morgan fingerprint density at radius 1 is 1.08 bits per heavy atom. The SMILES string of the molecule is CCCC[C@H]1CN(C(=O)c2cccc3ccccc23)CCN1C(Cc1ccc(Cl)cc1)c1cnc[nH]1. The molecule has 36 heavy (non-hydrogen) atoms. The second-order valence-corrected chi connectivity index (χ2v) is 10.1. The molecule has 186 valence electrons. The summed E-state index contributed by atoms with van der Waals surface area (Å²) in [5.41, 5.74) is 3.14. The lowest BCUT2D eigenvalue weighted by molar-refractivity contribution is 0.0277. The zero-order valence-electron chi connectivity index (χ0n) is 20.7. The molecular weight excluding hydrogens is 468 g/mol. The first kappa shape index (κ1) is 24.5. The van der Waals surface area contributed by atoms with E-state index in [2.05, 4.69) is 51.0 Å². The standard InChI is InChI=1S/C30H33ClN4O/c1-2-3-9-25-20-34(30(36)27-11-6-8-23-7-4-5-10-26(23)27)16-17-35(25)29(28-19-32-21-33-28)18-22-12-14-24(31)15-13-22/h4-8,10-15,19,21,25,29H,2-3,9,16-18,20H2,1H3,(H,32,33)/t25-,29?/m0/s1. The van der Waals surface area contributed by atoms with E-state index in [4.69, 9.17) is 11.6 Å². The lowest BCUT2D eigenvalue weighted by Crippen LogP contribution is -2.56. The third-order valence-electron chi connectivity index (χ3n) is 7.35. The van der Waals surface area contributed by atoms with Gasteiger partial charge >= 0.3 is 0 Å². The predicted molar refractivity (Wildman–Crippen MR) is 146 cm³/mol. The second-order valence-electron chi connectivity index (χ2n) is 9.67. The number of imidazole rings is 1. The van der Waals surface area contributed by atoms with Crippen LogP contribution in [0.2, 0.25) is 5.02 Å². The van der Waals surface area contributed by atoms with Crippen LogP contribution in [-0.4, -0.2) is 51.4 Å². The topological polar surface area (TPSA) is 52.2 Å². The van der Waals surface area contributed by atoms with Crippen molar-refractivity contribution in [2.24, 2.45) is 0 Å². The van der Waals surface area contributed by atoms with Gasteiger partial charge in [0.05, 0.1) is 18.1 Å². The average molecular weight is 501 g/mol. The number of benzene rings is 3. The Morgan fingerprint density at radius 2 is 1.89 bits per heavy atom. The van der Waals surface area contributed by atoms with Crippen molar-refractivity contribution in [3.05, 3.63) is 101 Å². The second kappa shape index (κ2) is 11.3. The highest BCUT2D eigenvalue weighted by atomic mass is 35.5. The number of H-pyrrole nitrogens is 1. The number of unbranched alkanes of at least 4 members (excludes halogenated alkanes) is 1. The number of rotatable bonds is 8. The minimum absolute atomic E-state index is 0.128. The number of carbonyl (C=O) groups is 1. The quantitative estimate of drug-likeness (QED) is 0.300. The highest BCUT2D eigenvalue weighted by Gasteiger charge is 2.35. The lowest BCUT2D eigenvalue weighted by atomic mass is 9.96. The van der Waals surface area contributed by atoms with Crippen LogP contribution >= 0.6 is 11.6 Å². The van der Waals surface area contributed by atoms with Gasteiger partial charge in [0, 0.05) is 42.5 Å². The molecule has 0 saturated carbocycles. The maximum Gasteiger partial charge on any atom is 0.254 e. The number of piperazine rings is 1. The number of carbonyl (C=O) groups excluding carboxylic acids is 1. The van der Waals surface area contributed by atoms with Crippen LogP contribution in [0.4, 0.5) is 0 Å². The zero-order chi connectivity index (χ0) is 24.9. The minimum Gasteiger partial charge on any atom is -0.347 e. The Balaban J connectivity index is 1.41. The molecule has 0 aliphatic carbocycles. The number of aromatic nitrogens is 2. The van der Waals surface area contributed by atoms with Gasteiger partial charge in [-0.25, -0.2) is 4.98 Å². The van der Waals surface area contributed by atoms with E-state index in [9.17, 15) is 4.79 Å². The number of amides is 1. The Bertz CT molecular complexity index is 1280. The largest absolute Gasteiger partial charge is 0.347 e. The monoisotopic (exact) mass is 500 g/mol. The summed E-state index contributed by atoms with van der Waals surface area (Å²) in [6.07, 6.45) is 7.87. The Labute approximate surface area is 218 Å². The van der Waals surface area contributed by atoms with Crippen molar-refractivity contribution >= 4 is 28.3 Å².